The Morgan fingerprint density at radius 3 is 2.65 bits per heavy atom. The SMILES string of the molecule is N#Cc1cc(F)ccc1NCCC(N)c1ccccc1. The van der Waals surface area contributed by atoms with Crippen LogP contribution in [0.2, 0.25) is 0 Å². The van der Waals surface area contributed by atoms with Gasteiger partial charge in [0.25, 0.3) is 0 Å². The van der Waals surface area contributed by atoms with Crippen LogP contribution in [-0.2, 0) is 0 Å². The van der Waals surface area contributed by atoms with Gasteiger partial charge in [-0.05, 0) is 30.2 Å². The lowest BCUT2D eigenvalue weighted by Gasteiger charge is -2.13. The van der Waals surface area contributed by atoms with Crippen LogP contribution in [0.15, 0.2) is 48.5 Å². The van der Waals surface area contributed by atoms with Gasteiger partial charge in [0, 0.05) is 12.6 Å². The van der Waals surface area contributed by atoms with Gasteiger partial charge in [-0.15, -0.1) is 0 Å². The van der Waals surface area contributed by atoms with Gasteiger partial charge in [-0.3, -0.25) is 0 Å². The van der Waals surface area contributed by atoms with Crippen molar-refractivity contribution in [1.29, 1.82) is 5.26 Å². The summed E-state index contributed by atoms with van der Waals surface area (Å²) in [6, 6.07) is 15.9. The van der Waals surface area contributed by atoms with E-state index < -0.39 is 5.82 Å². The maximum atomic E-state index is 13.0. The highest BCUT2D eigenvalue weighted by atomic mass is 19.1. The third-order valence-electron chi connectivity index (χ3n) is 3.10. The lowest BCUT2D eigenvalue weighted by molar-refractivity contribution is 0.627. The summed E-state index contributed by atoms with van der Waals surface area (Å²) < 4.78 is 13.0. The van der Waals surface area contributed by atoms with E-state index in [0.717, 1.165) is 12.0 Å². The minimum absolute atomic E-state index is 0.0605. The number of nitrogens with one attached hydrogen (secondary N) is 1. The number of nitrogens with zero attached hydrogens (tertiary/aromatic N) is 1. The molecule has 0 bridgehead atoms. The fraction of sp³-hybridized carbons (Fsp3) is 0.188. The summed E-state index contributed by atoms with van der Waals surface area (Å²) in [7, 11) is 0. The summed E-state index contributed by atoms with van der Waals surface area (Å²) >= 11 is 0. The molecule has 4 heteroatoms. The van der Waals surface area contributed by atoms with Gasteiger partial charge in [0.15, 0.2) is 0 Å². The van der Waals surface area contributed by atoms with Crippen molar-refractivity contribution in [3.63, 3.8) is 0 Å². The average molecular weight is 269 g/mol. The molecule has 0 radical (unpaired) electrons. The molecule has 0 aliphatic carbocycles. The molecular weight excluding hydrogens is 253 g/mol. The van der Waals surface area contributed by atoms with E-state index in [1.165, 1.54) is 12.1 Å². The molecule has 2 aromatic carbocycles. The van der Waals surface area contributed by atoms with Gasteiger partial charge in [-0.2, -0.15) is 5.26 Å². The van der Waals surface area contributed by atoms with Crippen molar-refractivity contribution in [2.45, 2.75) is 12.5 Å². The number of nitriles is 1. The third-order valence-corrected chi connectivity index (χ3v) is 3.10. The van der Waals surface area contributed by atoms with Crippen LogP contribution in [0.3, 0.4) is 0 Å². The lowest BCUT2D eigenvalue weighted by atomic mass is 10.0. The van der Waals surface area contributed by atoms with Crippen LogP contribution in [0.25, 0.3) is 0 Å². The molecule has 20 heavy (non-hydrogen) atoms. The quantitative estimate of drug-likeness (QED) is 0.876. The van der Waals surface area contributed by atoms with Crippen molar-refractivity contribution >= 4 is 5.69 Å². The van der Waals surface area contributed by atoms with Gasteiger partial charge in [0.05, 0.1) is 11.3 Å². The van der Waals surface area contributed by atoms with Crippen molar-refractivity contribution in [2.75, 3.05) is 11.9 Å². The minimum Gasteiger partial charge on any atom is -0.384 e. The maximum Gasteiger partial charge on any atom is 0.124 e. The Morgan fingerprint density at radius 1 is 1.20 bits per heavy atom. The fourth-order valence-electron chi connectivity index (χ4n) is 1.99. The van der Waals surface area contributed by atoms with E-state index in [4.69, 9.17) is 11.0 Å². The molecule has 3 N–H and O–H groups in total. The molecule has 0 aliphatic heterocycles. The molecular formula is C16H16FN3. The normalized spacial score (nSPS) is 11.7. The predicted octanol–water partition coefficient (Wildman–Crippen LogP) is 3.20. The van der Waals surface area contributed by atoms with Crippen molar-refractivity contribution < 1.29 is 4.39 Å². The second-order valence-corrected chi connectivity index (χ2v) is 4.53. The van der Waals surface area contributed by atoms with Crippen molar-refractivity contribution in [3.8, 4) is 6.07 Å². The molecule has 102 valence electrons. The number of hydrogen-bond acceptors (Lipinski definition) is 3. The van der Waals surface area contributed by atoms with Crippen LogP contribution < -0.4 is 11.1 Å². The molecule has 0 saturated heterocycles. The Balaban J connectivity index is 1.92. The number of benzene rings is 2. The topological polar surface area (TPSA) is 61.8 Å². The van der Waals surface area contributed by atoms with Crippen LogP contribution in [0.4, 0.5) is 10.1 Å². The minimum atomic E-state index is -0.409. The molecule has 0 heterocycles. The Labute approximate surface area is 117 Å². The zero-order chi connectivity index (χ0) is 14.4. The van der Waals surface area contributed by atoms with Gasteiger partial charge < -0.3 is 11.1 Å². The summed E-state index contributed by atoms with van der Waals surface area (Å²) in [6.07, 6.45) is 0.728. The monoisotopic (exact) mass is 269 g/mol. The molecule has 0 spiro atoms. The lowest BCUT2D eigenvalue weighted by Crippen LogP contribution is -2.15. The second-order valence-electron chi connectivity index (χ2n) is 4.53. The zero-order valence-electron chi connectivity index (χ0n) is 11.0. The number of rotatable bonds is 5. The Bertz CT molecular complexity index is 605. The highest BCUT2D eigenvalue weighted by Gasteiger charge is 2.06. The first kappa shape index (κ1) is 14.0. The summed E-state index contributed by atoms with van der Waals surface area (Å²) in [6.45, 7) is 0.621. The van der Waals surface area contributed by atoms with Gasteiger partial charge >= 0.3 is 0 Å². The van der Waals surface area contributed by atoms with Crippen LogP contribution in [-0.4, -0.2) is 6.54 Å². The molecule has 2 aromatic rings. The predicted molar refractivity (Wildman–Crippen MR) is 77.6 cm³/mol. The summed E-state index contributed by atoms with van der Waals surface area (Å²) in [4.78, 5) is 0. The van der Waals surface area contributed by atoms with E-state index in [0.29, 0.717) is 17.8 Å². The van der Waals surface area contributed by atoms with Crippen molar-refractivity contribution in [3.05, 3.63) is 65.5 Å². The Kier molecular flexibility index (Phi) is 4.70. The summed E-state index contributed by atoms with van der Waals surface area (Å²) in [5.74, 6) is -0.409. The molecule has 0 amide bonds. The van der Waals surface area contributed by atoms with E-state index in [1.807, 2.05) is 36.4 Å². The molecule has 3 nitrogen and oxygen atoms in total. The van der Waals surface area contributed by atoms with Crippen LogP contribution >= 0.6 is 0 Å². The largest absolute Gasteiger partial charge is 0.384 e. The van der Waals surface area contributed by atoms with E-state index in [1.54, 1.807) is 6.07 Å². The van der Waals surface area contributed by atoms with Crippen LogP contribution in [0, 0.1) is 17.1 Å². The number of nitrogens with two attached hydrogens (primary N) is 1. The summed E-state index contributed by atoms with van der Waals surface area (Å²) in [5, 5.41) is 12.1. The highest BCUT2D eigenvalue weighted by molar-refractivity contribution is 5.57. The zero-order valence-corrected chi connectivity index (χ0v) is 11.0. The van der Waals surface area contributed by atoms with Gasteiger partial charge in [0.2, 0.25) is 0 Å². The Morgan fingerprint density at radius 2 is 1.95 bits per heavy atom. The molecule has 0 aromatic heterocycles. The van der Waals surface area contributed by atoms with E-state index in [9.17, 15) is 4.39 Å². The fourth-order valence-corrected chi connectivity index (χ4v) is 1.99. The third kappa shape index (κ3) is 3.56. The molecule has 0 aliphatic rings. The first-order valence-electron chi connectivity index (χ1n) is 6.45. The highest BCUT2D eigenvalue weighted by Crippen LogP contribution is 2.18. The van der Waals surface area contributed by atoms with Crippen molar-refractivity contribution in [1.82, 2.24) is 0 Å². The Hall–Kier alpha value is -2.38. The molecule has 0 saturated carbocycles. The van der Waals surface area contributed by atoms with Gasteiger partial charge in [-0.1, -0.05) is 30.3 Å². The number of hydrogen-bond donors (Lipinski definition) is 2. The van der Waals surface area contributed by atoms with E-state index in [2.05, 4.69) is 5.32 Å². The van der Waals surface area contributed by atoms with Crippen molar-refractivity contribution in [2.24, 2.45) is 5.73 Å². The second kappa shape index (κ2) is 6.69. The van der Waals surface area contributed by atoms with E-state index in [-0.39, 0.29) is 6.04 Å². The standard InChI is InChI=1S/C16H16FN3/c17-14-6-7-16(13(10-14)11-18)20-9-8-15(19)12-4-2-1-3-5-12/h1-7,10,15,20H,8-9,19H2. The molecule has 1 unspecified atom stereocenters. The smallest absolute Gasteiger partial charge is 0.124 e. The van der Waals surface area contributed by atoms with E-state index >= 15 is 0 Å². The van der Waals surface area contributed by atoms with Crippen LogP contribution in [0.5, 0.6) is 0 Å². The number of halogens is 1. The van der Waals surface area contributed by atoms with Crippen LogP contribution in [0.1, 0.15) is 23.6 Å². The average Bonchev–Trinajstić information content (AvgIpc) is 2.49. The van der Waals surface area contributed by atoms with Gasteiger partial charge in [-0.25, -0.2) is 4.39 Å². The molecule has 0 fully saturated rings. The summed E-state index contributed by atoms with van der Waals surface area (Å²) in [5.41, 5.74) is 8.10. The van der Waals surface area contributed by atoms with Gasteiger partial charge in [0.1, 0.15) is 11.9 Å². The number of anilines is 1. The molecule has 2 rings (SSSR count). The first-order chi connectivity index (χ1) is 9.70. The molecule has 1 atom stereocenters. The first-order valence-corrected chi connectivity index (χ1v) is 6.45. The maximum absolute atomic E-state index is 13.0.